The van der Waals surface area contributed by atoms with E-state index in [2.05, 4.69) is 19.2 Å². The van der Waals surface area contributed by atoms with Crippen molar-refractivity contribution in [3.63, 3.8) is 0 Å². The highest BCUT2D eigenvalue weighted by Crippen LogP contribution is 2.24. The number of methoxy groups -OCH3 is 1. The molecule has 0 aliphatic rings. The molecule has 0 fully saturated rings. The number of nitrogens with zero attached hydrogens (tertiary/aromatic N) is 1. The number of benzene rings is 2. The molecule has 176 valence electrons. The molecule has 7 heteroatoms. The summed E-state index contributed by atoms with van der Waals surface area (Å²) in [7, 11) is -1.82. The monoisotopic (exact) mass is 460 g/mol. The Morgan fingerprint density at radius 1 is 1.06 bits per heavy atom. The second-order valence-electron chi connectivity index (χ2n) is 8.73. The van der Waals surface area contributed by atoms with Crippen LogP contribution in [-0.4, -0.2) is 34.2 Å². The Morgan fingerprint density at radius 2 is 1.72 bits per heavy atom. The number of rotatable bonds is 11. The van der Waals surface area contributed by atoms with Gasteiger partial charge in [-0.1, -0.05) is 32.0 Å². The van der Waals surface area contributed by atoms with Crippen molar-refractivity contribution in [3.05, 3.63) is 59.2 Å². The Balaban J connectivity index is 2.03. The predicted molar refractivity (Wildman–Crippen MR) is 131 cm³/mol. The maximum atomic E-state index is 12.7. The number of carbonyl (C=O) groups excluding carboxylic acids is 1. The Bertz CT molecular complexity index is 1000. The van der Waals surface area contributed by atoms with Crippen LogP contribution in [0.5, 0.6) is 5.75 Å². The van der Waals surface area contributed by atoms with Crippen LogP contribution in [0.4, 0.5) is 5.69 Å². The van der Waals surface area contributed by atoms with Crippen molar-refractivity contribution < 1.29 is 17.9 Å². The largest absolute Gasteiger partial charge is 0.497 e. The Hall–Kier alpha value is -2.54. The number of sulfonamides is 1. The second-order valence-corrected chi connectivity index (χ2v) is 10.6. The third kappa shape index (κ3) is 7.55. The van der Waals surface area contributed by atoms with E-state index in [1.807, 2.05) is 56.3 Å². The van der Waals surface area contributed by atoms with Crippen LogP contribution in [0.25, 0.3) is 0 Å². The first-order valence-corrected chi connectivity index (χ1v) is 12.8. The zero-order chi connectivity index (χ0) is 23.9. The summed E-state index contributed by atoms with van der Waals surface area (Å²) in [6.07, 6.45) is 2.70. The molecule has 0 aliphatic heterocycles. The van der Waals surface area contributed by atoms with Gasteiger partial charge in [0.1, 0.15) is 5.75 Å². The summed E-state index contributed by atoms with van der Waals surface area (Å²) in [5.74, 6) is 1.10. The van der Waals surface area contributed by atoms with E-state index in [4.69, 9.17) is 4.74 Å². The summed E-state index contributed by atoms with van der Waals surface area (Å²) in [5, 5.41) is 3.12. The average molecular weight is 461 g/mol. The minimum Gasteiger partial charge on any atom is -0.497 e. The molecule has 0 saturated heterocycles. The molecule has 2 aromatic carbocycles. The minimum atomic E-state index is -3.44. The molecule has 0 radical (unpaired) electrons. The van der Waals surface area contributed by atoms with E-state index >= 15 is 0 Å². The Morgan fingerprint density at radius 3 is 2.25 bits per heavy atom. The number of carbonyl (C=O) groups is 1. The van der Waals surface area contributed by atoms with Crippen LogP contribution >= 0.6 is 0 Å². The molecule has 2 aromatic rings. The van der Waals surface area contributed by atoms with Gasteiger partial charge in [-0.15, -0.1) is 0 Å². The second kappa shape index (κ2) is 11.4. The smallest absolute Gasteiger partial charge is 0.232 e. The normalized spacial score (nSPS) is 12.5. The molecule has 0 heterocycles. The fourth-order valence-corrected chi connectivity index (χ4v) is 4.56. The average Bonchev–Trinajstić information content (AvgIpc) is 2.72. The van der Waals surface area contributed by atoms with Crippen molar-refractivity contribution in [2.75, 3.05) is 24.2 Å². The van der Waals surface area contributed by atoms with E-state index < -0.39 is 10.0 Å². The summed E-state index contributed by atoms with van der Waals surface area (Å²) < 4.78 is 31.3. The van der Waals surface area contributed by atoms with Gasteiger partial charge in [-0.05, 0) is 73.6 Å². The maximum absolute atomic E-state index is 12.7. The van der Waals surface area contributed by atoms with E-state index in [0.29, 0.717) is 18.0 Å². The number of nitrogens with one attached hydrogen (secondary N) is 1. The van der Waals surface area contributed by atoms with Gasteiger partial charge >= 0.3 is 0 Å². The van der Waals surface area contributed by atoms with Crippen LogP contribution in [-0.2, 0) is 14.8 Å². The van der Waals surface area contributed by atoms with Gasteiger partial charge in [-0.25, -0.2) is 8.42 Å². The van der Waals surface area contributed by atoms with Gasteiger partial charge in [0.25, 0.3) is 0 Å². The SMILES string of the molecule is COc1ccc([C@@H](CC(C)C)NC(=O)CCCN(c2ccc(C)c(C)c2)S(C)(=O)=O)cc1. The fraction of sp³-hybridized carbons (Fsp3) is 0.480. The summed E-state index contributed by atoms with van der Waals surface area (Å²) in [6.45, 7) is 8.45. The first-order chi connectivity index (χ1) is 15.0. The third-order valence-electron chi connectivity index (χ3n) is 5.50. The Labute approximate surface area is 193 Å². The van der Waals surface area contributed by atoms with Crippen LogP contribution in [0.3, 0.4) is 0 Å². The number of hydrogen-bond donors (Lipinski definition) is 1. The van der Waals surface area contributed by atoms with Gasteiger partial charge in [-0.3, -0.25) is 9.10 Å². The lowest BCUT2D eigenvalue weighted by Crippen LogP contribution is -2.33. The molecule has 0 saturated carbocycles. The van der Waals surface area contributed by atoms with E-state index in [0.717, 1.165) is 28.9 Å². The minimum absolute atomic E-state index is 0.0833. The van der Waals surface area contributed by atoms with Crippen molar-refractivity contribution >= 4 is 21.6 Å². The van der Waals surface area contributed by atoms with Crippen molar-refractivity contribution in [1.82, 2.24) is 5.32 Å². The van der Waals surface area contributed by atoms with E-state index in [1.54, 1.807) is 7.11 Å². The van der Waals surface area contributed by atoms with Gasteiger partial charge in [0.2, 0.25) is 15.9 Å². The number of anilines is 1. The molecule has 1 atom stereocenters. The fourth-order valence-electron chi connectivity index (χ4n) is 3.60. The molecule has 1 N–H and O–H groups in total. The Kier molecular flexibility index (Phi) is 9.13. The zero-order valence-corrected chi connectivity index (χ0v) is 20.8. The molecule has 0 unspecified atom stereocenters. The predicted octanol–water partition coefficient (Wildman–Crippen LogP) is 4.76. The summed E-state index contributed by atoms with van der Waals surface area (Å²) in [4.78, 5) is 12.7. The summed E-state index contributed by atoms with van der Waals surface area (Å²) in [5.41, 5.74) is 3.80. The highest BCUT2D eigenvalue weighted by molar-refractivity contribution is 7.92. The maximum Gasteiger partial charge on any atom is 0.232 e. The third-order valence-corrected chi connectivity index (χ3v) is 6.70. The molecule has 0 bridgehead atoms. The highest BCUT2D eigenvalue weighted by atomic mass is 32.2. The molecule has 1 amide bonds. The molecule has 2 rings (SSSR count). The lowest BCUT2D eigenvalue weighted by Gasteiger charge is -2.24. The molecular weight excluding hydrogens is 424 g/mol. The molecule has 6 nitrogen and oxygen atoms in total. The van der Waals surface area contributed by atoms with Crippen molar-refractivity contribution in [2.24, 2.45) is 5.92 Å². The highest BCUT2D eigenvalue weighted by Gasteiger charge is 2.20. The topological polar surface area (TPSA) is 75.7 Å². The van der Waals surface area contributed by atoms with Crippen LogP contribution in [0.15, 0.2) is 42.5 Å². The van der Waals surface area contributed by atoms with Crippen LogP contribution in [0, 0.1) is 19.8 Å². The molecular formula is C25H36N2O4S. The van der Waals surface area contributed by atoms with Gasteiger partial charge in [0.15, 0.2) is 0 Å². The van der Waals surface area contributed by atoms with Gasteiger partial charge in [-0.2, -0.15) is 0 Å². The van der Waals surface area contributed by atoms with E-state index in [-0.39, 0.29) is 24.9 Å². The first kappa shape index (κ1) is 25.7. The quantitative estimate of drug-likeness (QED) is 0.524. The number of hydrogen-bond acceptors (Lipinski definition) is 4. The number of aryl methyl sites for hydroxylation is 2. The van der Waals surface area contributed by atoms with Crippen molar-refractivity contribution in [3.8, 4) is 5.75 Å². The van der Waals surface area contributed by atoms with Gasteiger partial charge < -0.3 is 10.1 Å². The van der Waals surface area contributed by atoms with Crippen molar-refractivity contribution in [1.29, 1.82) is 0 Å². The van der Waals surface area contributed by atoms with Crippen LogP contribution < -0.4 is 14.4 Å². The molecule has 0 aliphatic carbocycles. The molecule has 0 aromatic heterocycles. The van der Waals surface area contributed by atoms with Gasteiger partial charge in [0, 0.05) is 13.0 Å². The van der Waals surface area contributed by atoms with E-state index in [1.165, 1.54) is 10.6 Å². The van der Waals surface area contributed by atoms with Crippen LogP contribution in [0.2, 0.25) is 0 Å². The van der Waals surface area contributed by atoms with E-state index in [9.17, 15) is 13.2 Å². The van der Waals surface area contributed by atoms with Crippen molar-refractivity contribution in [2.45, 2.75) is 53.0 Å². The van der Waals surface area contributed by atoms with Gasteiger partial charge in [0.05, 0.1) is 25.1 Å². The number of ether oxygens (including phenoxy) is 1. The lowest BCUT2D eigenvalue weighted by atomic mass is 9.96. The summed E-state index contributed by atoms with van der Waals surface area (Å²) >= 11 is 0. The van der Waals surface area contributed by atoms with Crippen LogP contribution in [0.1, 0.15) is 55.8 Å². The molecule has 32 heavy (non-hydrogen) atoms. The zero-order valence-electron chi connectivity index (χ0n) is 20.0. The standard InChI is InChI=1S/C25H36N2O4S/c1-18(2)16-24(21-10-13-23(31-5)14-11-21)26-25(28)8-7-15-27(32(6,29)30)22-12-9-19(3)20(4)17-22/h9-14,17-18,24H,7-8,15-16H2,1-6H3,(H,26,28)/t24-/m1/s1. The first-order valence-electron chi connectivity index (χ1n) is 11.0. The lowest BCUT2D eigenvalue weighted by molar-refractivity contribution is -0.122. The summed E-state index contributed by atoms with van der Waals surface area (Å²) in [6, 6.07) is 13.2. The number of amides is 1. The molecule has 0 spiro atoms.